The van der Waals surface area contributed by atoms with Gasteiger partial charge < -0.3 is 9.32 Å². The number of rotatable bonds is 5. The van der Waals surface area contributed by atoms with Crippen LogP contribution < -0.4 is 0 Å². The van der Waals surface area contributed by atoms with Crippen LogP contribution in [-0.2, 0) is 6.54 Å². The number of amidine groups is 1. The Balaban J connectivity index is 1.84. The number of aromatic nitrogens is 1. The standard InChI is InChI=1S/C15H13ClN4O3/c16-14-4-3-11(9-18-14)10-19-6-5-17-15(19)13(20(21)22)8-12-2-1-7-23-12/h1-4,7-9H,5-6,10H2/b13-8+. The first-order chi connectivity index (χ1) is 11.1. The Kier molecular flexibility index (Phi) is 4.38. The minimum Gasteiger partial charge on any atom is -0.465 e. The van der Waals surface area contributed by atoms with Crippen LogP contribution in [0, 0.1) is 10.1 Å². The topological polar surface area (TPSA) is 84.8 Å². The van der Waals surface area contributed by atoms with E-state index in [0.717, 1.165) is 5.56 Å². The summed E-state index contributed by atoms with van der Waals surface area (Å²) < 4.78 is 5.16. The van der Waals surface area contributed by atoms with Gasteiger partial charge in [-0.1, -0.05) is 17.7 Å². The number of hydrogen-bond donors (Lipinski definition) is 0. The summed E-state index contributed by atoms with van der Waals surface area (Å²) in [6.45, 7) is 1.60. The predicted molar refractivity (Wildman–Crippen MR) is 85.6 cm³/mol. The van der Waals surface area contributed by atoms with Gasteiger partial charge in [-0.15, -0.1) is 0 Å². The lowest BCUT2D eigenvalue weighted by molar-refractivity contribution is -0.414. The van der Waals surface area contributed by atoms with Crippen LogP contribution >= 0.6 is 11.6 Å². The van der Waals surface area contributed by atoms with Crippen molar-refractivity contribution >= 4 is 23.5 Å². The molecule has 0 aliphatic carbocycles. The molecular formula is C15H13ClN4O3. The van der Waals surface area contributed by atoms with Crippen molar-refractivity contribution in [2.45, 2.75) is 6.54 Å². The molecule has 0 radical (unpaired) electrons. The van der Waals surface area contributed by atoms with E-state index < -0.39 is 4.92 Å². The molecule has 1 aliphatic heterocycles. The molecule has 1 aliphatic rings. The van der Waals surface area contributed by atoms with E-state index in [2.05, 4.69) is 9.98 Å². The van der Waals surface area contributed by atoms with Crippen molar-refractivity contribution < 1.29 is 9.34 Å². The van der Waals surface area contributed by atoms with Gasteiger partial charge in [-0.2, -0.15) is 0 Å². The van der Waals surface area contributed by atoms with Gasteiger partial charge in [0.15, 0.2) is 0 Å². The summed E-state index contributed by atoms with van der Waals surface area (Å²) in [7, 11) is 0. The molecule has 0 saturated heterocycles. The number of nitro groups is 1. The van der Waals surface area contributed by atoms with Crippen molar-refractivity contribution in [1.82, 2.24) is 9.88 Å². The van der Waals surface area contributed by atoms with Gasteiger partial charge in [-0.25, -0.2) is 4.98 Å². The molecule has 3 rings (SSSR count). The Hall–Kier alpha value is -2.67. The fourth-order valence-electron chi connectivity index (χ4n) is 2.31. The van der Waals surface area contributed by atoms with Crippen LogP contribution in [0.4, 0.5) is 0 Å². The van der Waals surface area contributed by atoms with Crippen LogP contribution in [0.2, 0.25) is 5.15 Å². The molecule has 23 heavy (non-hydrogen) atoms. The molecule has 0 unspecified atom stereocenters. The van der Waals surface area contributed by atoms with Crippen molar-refractivity contribution in [1.29, 1.82) is 0 Å². The van der Waals surface area contributed by atoms with E-state index >= 15 is 0 Å². The summed E-state index contributed by atoms with van der Waals surface area (Å²) in [6, 6.07) is 6.87. The van der Waals surface area contributed by atoms with Gasteiger partial charge in [0.2, 0.25) is 5.84 Å². The third kappa shape index (κ3) is 3.57. The highest BCUT2D eigenvalue weighted by Crippen LogP contribution is 2.18. The molecule has 7 nitrogen and oxygen atoms in total. The highest BCUT2D eigenvalue weighted by Gasteiger charge is 2.29. The van der Waals surface area contributed by atoms with Gasteiger partial charge in [0, 0.05) is 19.3 Å². The molecule has 2 aromatic heterocycles. The number of hydrogen-bond acceptors (Lipinski definition) is 6. The van der Waals surface area contributed by atoms with E-state index in [9.17, 15) is 10.1 Å². The monoisotopic (exact) mass is 332 g/mol. The normalized spacial score (nSPS) is 14.9. The highest BCUT2D eigenvalue weighted by molar-refractivity contribution is 6.29. The first-order valence-electron chi connectivity index (χ1n) is 6.93. The summed E-state index contributed by atoms with van der Waals surface area (Å²) >= 11 is 5.77. The summed E-state index contributed by atoms with van der Waals surface area (Å²) in [5.41, 5.74) is 0.823. The molecule has 0 fully saturated rings. The molecule has 0 aromatic carbocycles. The van der Waals surface area contributed by atoms with E-state index in [-0.39, 0.29) is 5.70 Å². The molecule has 3 heterocycles. The maximum absolute atomic E-state index is 11.4. The predicted octanol–water partition coefficient (Wildman–Crippen LogP) is 2.86. The SMILES string of the molecule is O=[N+]([O-])/C(=C/c1ccco1)C1=NCCN1Cc1ccc(Cl)nc1. The average Bonchev–Trinajstić information content (AvgIpc) is 3.18. The molecule has 8 heteroatoms. The molecule has 118 valence electrons. The summed E-state index contributed by atoms with van der Waals surface area (Å²) in [5.74, 6) is 0.765. The van der Waals surface area contributed by atoms with Crippen LogP contribution in [0.1, 0.15) is 11.3 Å². The van der Waals surface area contributed by atoms with Crippen molar-refractivity contribution in [3.05, 3.63) is 69.0 Å². The summed E-state index contributed by atoms with van der Waals surface area (Å²) in [4.78, 5) is 21.1. The number of furan rings is 1. The Bertz CT molecular complexity index is 754. The van der Waals surface area contributed by atoms with Crippen LogP contribution in [0.3, 0.4) is 0 Å². The lowest BCUT2D eigenvalue weighted by Crippen LogP contribution is -2.30. The van der Waals surface area contributed by atoms with Gasteiger partial charge in [0.1, 0.15) is 10.9 Å². The van der Waals surface area contributed by atoms with Crippen molar-refractivity contribution in [3.8, 4) is 0 Å². The van der Waals surface area contributed by atoms with E-state index in [0.29, 0.717) is 36.4 Å². The number of nitrogens with zero attached hydrogens (tertiary/aromatic N) is 4. The number of pyridine rings is 1. The van der Waals surface area contributed by atoms with Crippen molar-refractivity contribution in [3.63, 3.8) is 0 Å². The van der Waals surface area contributed by atoms with E-state index in [1.54, 1.807) is 24.4 Å². The fourth-order valence-corrected chi connectivity index (χ4v) is 2.42. The summed E-state index contributed by atoms with van der Waals surface area (Å²) in [5, 5.41) is 11.8. The Labute approximate surface area is 137 Å². The second-order valence-electron chi connectivity index (χ2n) is 4.92. The Morgan fingerprint density at radius 2 is 2.35 bits per heavy atom. The van der Waals surface area contributed by atoms with Gasteiger partial charge in [-0.3, -0.25) is 15.1 Å². The van der Waals surface area contributed by atoms with Crippen LogP contribution in [0.25, 0.3) is 6.08 Å². The Morgan fingerprint density at radius 3 is 3.00 bits per heavy atom. The summed E-state index contributed by atoms with van der Waals surface area (Å²) in [6.07, 6.45) is 4.51. The maximum Gasteiger partial charge on any atom is 0.314 e. The first-order valence-corrected chi connectivity index (χ1v) is 7.31. The molecule has 0 amide bonds. The first kappa shape index (κ1) is 15.2. The molecular weight excluding hydrogens is 320 g/mol. The van der Waals surface area contributed by atoms with Gasteiger partial charge in [0.05, 0.1) is 23.8 Å². The van der Waals surface area contributed by atoms with Crippen molar-refractivity contribution in [2.75, 3.05) is 13.1 Å². The number of aliphatic imine (C=N–C) groups is 1. The number of halogens is 1. The van der Waals surface area contributed by atoms with Crippen LogP contribution in [0.15, 0.2) is 51.8 Å². The molecule has 0 saturated carbocycles. The van der Waals surface area contributed by atoms with E-state index in [1.165, 1.54) is 12.3 Å². The zero-order valence-electron chi connectivity index (χ0n) is 12.1. The largest absolute Gasteiger partial charge is 0.465 e. The van der Waals surface area contributed by atoms with Gasteiger partial charge >= 0.3 is 5.70 Å². The zero-order chi connectivity index (χ0) is 16.2. The fraction of sp³-hybridized carbons (Fsp3) is 0.200. The lowest BCUT2D eigenvalue weighted by atomic mass is 10.2. The van der Waals surface area contributed by atoms with Crippen LogP contribution in [-0.4, -0.2) is 33.7 Å². The van der Waals surface area contributed by atoms with E-state index in [4.69, 9.17) is 16.0 Å². The van der Waals surface area contributed by atoms with Crippen molar-refractivity contribution in [2.24, 2.45) is 4.99 Å². The zero-order valence-corrected chi connectivity index (χ0v) is 12.8. The van der Waals surface area contributed by atoms with E-state index in [1.807, 2.05) is 11.0 Å². The molecule has 0 spiro atoms. The quantitative estimate of drug-likeness (QED) is 0.477. The molecule has 0 N–H and O–H groups in total. The second kappa shape index (κ2) is 6.62. The second-order valence-corrected chi connectivity index (χ2v) is 5.31. The smallest absolute Gasteiger partial charge is 0.314 e. The molecule has 0 atom stereocenters. The van der Waals surface area contributed by atoms with Gasteiger partial charge in [-0.05, 0) is 23.8 Å². The molecule has 0 bridgehead atoms. The van der Waals surface area contributed by atoms with Crippen LogP contribution in [0.5, 0.6) is 0 Å². The third-order valence-corrected chi connectivity index (χ3v) is 3.56. The maximum atomic E-state index is 11.4. The highest BCUT2D eigenvalue weighted by atomic mass is 35.5. The molecule has 2 aromatic rings. The average molecular weight is 333 g/mol. The minimum absolute atomic E-state index is 0.0839. The lowest BCUT2D eigenvalue weighted by Gasteiger charge is -2.18. The third-order valence-electron chi connectivity index (χ3n) is 3.34. The minimum atomic E-state index is -0.445. The van der Waals surface area contributed by atoms with Gasteiger partial charge in [0.25, 0.3) is 0 Å². The Morgan fingerprint density at radius 1 is 1.48 bits per heavy atom.